The summed E-state index contributed by atoms with van der Waals surface area (Å²) in [6, 6.07) is 0. The fraction of sp³-hybridized carbons (Fsp3) is 0.643. The molecular weight excluding hydrogens is 232 g/mol. The van der Waals surface area contributed by atoms with Crippen molar-refractivity contribution >= 4 is 5.97 Å². The Labute approximate surface area is 109 Å². The van der Waals surface area contributed by atoms with Crippen LogP contribution >= 0.6 is 0 Å². The van der Waals surface area contributed by atoms with Gasteiger partial charge < -0.3 is 14.2 Å². The highest BCUT2D eigenvalue weighted by Gasteiger charge is 2.47. The topological polar surface area (TPSA) is 44.8 Å². The quantitative estimate of drug-likeness (QED) is 0.573. The van der Waals surface area contributed by atoms with Crippen LogP contribution < -0.4 is 0 Å². The van der Waals surface area contributed by atoms with E-state index in [9.17, 15) is 4.79 Å². The third-order valence-electron chi connectivity index (χ3n) is 2.76. The molecule has 0 aromatic heterocycles. The lowest BCUT2D eigenvalue weighted by Crippen LogP contribution is -2.33. The van der Waals surface area contributed by atoms with Crippen molar-refractivity contribution in [2.75, 3.05) is 7.11 Å². The molecule has 18 heavy (non-hydrogen) atoms. The number of methoxy groups -OCH3 is 1. The van der Waals surface area contributed by atoms with Crippen LogP contribution in [0, 0.1) is 0 Å². The van der Waals surface area contributed by atoms with Gasteiger partial charge in [0, 0.05) is 0 Å². The van der Waals surface area contributed by atoms with E-state index in [2.05, 4.69) is 0 Å². The number of rotatable bonds is 3. The molecule has 0 bridgehead atoms. The van der Waals surface area contributed by atoms with Gasteiger partial charge in [-0.15, -0.1) is 0 Å². The molecule has 2 unspecified atom stereocenters. The van der Waals surface area contributed by atoms with E-state index in [-0.39, 0.29) is 0 Å². The molecule has 102 valence electrons. The van der Waals surface area contributed by atoms with Gasteiger partial charge in [0.25, 0.3) is 0 Å². The molecule has 1 rings (SSSR count). The fourth-order valence-corrected chi connectivity index (χ4v) is 2.00. The first-order valence-electron chi connectivity index (χ1n) is 6.06. The van der Waals surface area contributed by atoms with E-state index in [0.717, 1.165) is 11.1 Å². The molecule has 2 atom stereocenters. The molecule has 0 aromatic carbocycles. The Hall–Kier alpha value is -1.13. The SMILES string of the molecule is CC=CC(=C(C)C)C1OC(C)(C)OC1C(=O)OC. The monoisotopic (exact) mass is 254 g/mol. The van der Waals surface area contributed by atoms with Crippen LogP contribution in [0.2, 0.25) is 0 Å². The van der Waals surface area contributed by atoms with Gasteiger partial charge in [-0.2, -0.15) is 0 Å². The first kappa shape index (κ1) is 14.9. The molecule has 0 saturated carbocycles. The zero-order valence-corrected chi connectivity index (χ0v) is 11.9. The predicted molar refractivity (Wildman–Crippen MR) is 69.0 cm³/mol. The lowest BCUT2D eigenvalue weighted by atomic mass is 10.00. The van der Waals surface area contributed by atoms with Gasteiger partial charge >= 0.3 is 5.97 Å². The van der Waals surface area contributed by atoms with Crippen LogP contribution in [0.4, 0.5) is 0 Å². The number of esters is 1. The van der Waals surface area contributed by atoms with Gasteiger partial charge in [-0.05, 0) is 40.2 Å². The second-order valence-electron chi connectivity index (χ2n) is 4.96. The Morgan fingerprint density at radius 1 is 1.22 bits per heavy atom. The van der Waals surface area contributed by atoms with Crippen molar-refractivity contribution in [3.05, 3.63) is 23.3 Å². The first-order chi connectivity index (χ1) is 8.32. The molecule has 0 radical (unpaired) electrons. The van der Waals surface area contributed by atoms with E-state index in [4.69, 9.17) is 14.2 Å². The van der Waals surface area contributed by atoms with Crippen molar-refractivity contribution in [3.8, 4) is 0 Å². The molecular formula is C14H22O4. The standard InChI is InChI=1S/C14H22O4/c1-7-8-10(9(2)3)11-12(13(15)16-6)18-14(4,5)17-11/h7-8,11-12H,1-6H3. The highest BCUT2D eigenvalue weighted by molar-refractivity contribution is 5.76. The molecule has 0 aliphatic carbocycles. The Kier molecular flexibility index (Phi) is 4.71. The Bertz CT molecular complexity index is 375. The molecule has 0 spiro atoms. The van der Waals surface area contributed by atoms with E-state index >= 15 is 0 Å². The molecule has 1 aliphatic heterocycles. The molecule has 0 aromatic rings. The Balaban J connectivity index is 3.11. The number of hydrogen-bond acceptors (Lipinski definition) is 4. The zero-order valence-electron chi connectivity index (χ0n) is 11.9. The van der Waals surface area contributed by atoms with Crippen molar-refractivity contribution in [1.82, 2.24) is 0 Å². The van der Waals surface area contributed by atoms with Crippen LogP contribution in [0.5, 0.6) is 0 Å². The van der Waals surface area contributed by atoms with Gasteiger partial charge in [0.15, 0.2) is 11.9 Å². The molecule has 0 N–H and O–H groups in total. The van der Waals surface area contributed by atoms with Crippen LogP contribution in [0.1, 0.15) is 34.6 Å². The van der Waals surface area contributed by atoms with Gasteiger partial charge in [0.05, 0.1) is 7.11 Å². The van der Waals surface area contributed by atoms with E-state index in [1.807, 2.05) is 32.9 Å². The number of allylic oxidation sites excluding steroid dienone is 2. The summed E-state index contributed by atoms with van der Waals surface area (Å²) in [6.07, 6.45) is 2.73. The number of carbonyl (C=O) groups excluding carboxylic acids is 1. The van der Waals surface area contributed by atoms with Crippen molar-refractivity contribution in [1.29, 1.82) is 0 Å². The van der Waals surface area contributed by atoms with E-state index in [1.165, 1.54) is 7.11 Å². The number of carbonyl (C=O) groups is 1. The van der Waals surface area contributed by atoms with Crippen LogP contribution in [0.3, 0.4) is 0 Å². The van der Waals surface area contributed by atoms with Gasteiger partial charge in [-0.25, -0.2) is 4.79 Å². The van der Waals surface area contributed by atoms with Gasteiger partial charge in [-0.3, -0.25) is 0 Å². The lowest BCUT2D eigenvalue weighted by molar-refractivity contribution is -0.167. The minimum Gasteiger partial charge on any atom is -0.467 e. The minimum atomic E-state index is -0.786. The minimum absolute atomic E-state index is 0.408. The largest absolute Gasteiger partial charge is 0.467 e. The van der Waals surface area contributed by atoms with E-state index in [0.29, 0.717) is 0 Å². The molecule has 1 aliphatic rings. The maximum Gasteiger partial charge on any atom is 0.338 e. The summed E-state index contributed by atoms with van der Waals surface area (Å²) in [5, 5.41) is 0. The second kappa shape index (κ2) is 5.67. The zero-order chi connectivity index (χ0) is 13.9. The lowest BCUT2D eigenvalue weighted by Gasteiger charge is -2.18. The van der Waals surface area contributed by atoms with Gasteiger partial charge in [0.2, 0.25) is 0 Å². The summed E-state index contributed by atoms with van der Waals surface area (Å²) in [4.78, 5) is 11.8. The Morgan fingerprint density at radius 3 is 2.22 bits per heavy atom. The summed E-state index contributed by atoms with van der Waals surface area (Å²) in [6.45, 7) is 9.48. The van der Waals surface area contributed by atoms with Crippen molar-refractivity contribution in [3.63, 3.8) is 0 Å². The fourth-order valence-electron chi connectivity index (χ4n) is 2.00. The average molecular weight is 254 g/mol. The van der Waals surface area contributed by atoms with Crippen LogP contribution in [-0.4, -0.2) is 31.1 Å². The normalized spacial score (nSPS) is 26.3. The first-order valence-corrected chi connectivity index (χ1v) is 6.06. The molecule has 4 nitrogen and oxygen atoms in total. The summed E-state index contributed by atoms with van der Waals surface area (Å²) in [5.41, 5.74) is 2.05. The van der Waals surface area contributed by atoms with Crippen molar-refractivity contribution in [2.45, 2.75) is 52.6 Å². The smallest absolute Gasteiger partial charge is 0.338 e. The third kappa shape index (κ3) is 3.21. The molecule has 1 heterocycles. The van der Waals surface area contributed by atoms with Crippen LogP contribution in [0.15, 0.2) is 23.3 Å². The third-order valence-corrected chi connectivity index (χ3v) is 2.76. The maximum absolute atomic E-state index is 11.8. The second-order valence-corrected chi connectivity index (χ2v) is 4.96. The van der Waals surface area contributed by atoms with Crippen LogP contribution in [0.25, 0.3) is 0 Å². The predicted octanol–water partition coefficient (Wildman–Crippen LogP) is 2.59. The highest BCUT2D eigenvalue weighted by Crippen LogP contribution is 2.34. The number of ether oxygens (including phenoxy) is 3. The molecule has 1 saturated heterocycles. The summed E-state index contributed by atoms with van der Waals surface area (Å²) >= 11 is 0. The van der Waals surface area contributed by atoms with Gasteiger partial charge in [0.1, 0.15) is 6.10 Å². The van der Waals surface area contributed by atoms with Crippen molar-refractivity contribution < 1.29 is 19.0 Å². The van der Waals surface area contributed by atoms with Gasteiger partial charge in [-0.1, -0.05) is 17.7 Å². The molecule has 1 fully saturated rings. The van der Waals surface area contributed by atoms with Crippen LogP contribution in [-0.2, 0) is 19.0 Å². The Morgan fingerprint density at radius 2 is 1.78 bits per heavy atom. The van der Waals surface area contributed by atoms with E-state index < -0.39 is 24.0 Å². The highest BCUT2D eigenvalue weighted by atomic mass is 16.8. The molecule has 0 amide bonds. The maximum atomic E-state index is 11.8. The number of hydrogen-bond donors (Lipinski definition) is 0. The summed E-state index contributed by atoms with van der Waals surface area (Å²) in [5.74, 6) is -1.19. The molecule has 4 heteroatoms. The summed E-state index contributed by atoms with van der Waals surface area (Å²) < 4.78 is 16.2. The van der Waals surface area contributed by atoms with E-state index in [1.54, 1.807) is 13.8 Å². The van der Waals surface area contributed by atoms with Crippen molar-refractivity contribution in [2.24, 2.45) is 0 Å². The summed E-state index contributed by atoms with van der Waals surface area (Å²) in [7, 11) is 1.35. The average Bonchev–Trinajstić information content (AvgIpc) is 2.60.